The third-order valence-electron chi connectivity index (χ3n) is 5.34. The number of aliphatic hydroxyl groups is 2. The second-order valence-electron chi connectivity index (χ2n) is 9.35. The molecule has 0 atom stereocenters. The Bertz CT molecular complexity index is 1050. The molecule has 0 aliphatic heterocycles. The predicted octanol–water partition coefficient (Wildman–Crippen LogP) is -0.294. The van der Waals surface area contributed by atoms with E-state index < -0.39 is 16.4 Å². The van der Waals surface area contributed by atoms with E-state index in [1.54, 1.807) is 6.92 Å². The van der Waals surface area contributed by atoms with Gasteiger partial charge in [0.1, 0.15) is 11.5 Å². The van der Waals surface area contributed by atoms with Gasteiger partial charge in [0.2, 0.25) is 0 Å². The van der Waals surface area contributed by atoms with Crippen molar-refractivity contribution in [1.29, 1.82) is 0 Å². The number of carbonyl (C=O) groups is 2. The summed E-state index contributed by atoms with van der Waals surface area (Å²) in [6.07, 6.45) is 14.1. The molecule has 0 bridgehead atoms. The van der Waals surface area contributed by atoms with Gasteiger partial charge in [-0.3, -0.25) is 8.42 Å². The van der Waals surface area contributed by atoms with Crippen LogP contribution in [-0.4, -0.2) is 76.8 Å². The minimum absolute atomic E-state index is 0. The van der Waals surface area contributed by atoms with Crippen LogP contribution in [0.2, 0.25) is 0 Å². The number of rotatable bonds is 14. The van der Waals surface area contributed by atoms with E-state index in [1.807, 2.05) is 6.92 Å². The van der Waals surface area contributed by atoms with Crippen LogP contribution in [0.4, 0.5) is 0 Å². The quantitative estimate of drug-likeness (QED) is 0.0656. The van der Waals surface area contributed by atoms with Gasteiger partial charge in [0.05, 0.1) is 24.8 Å². The third-order valence-corrected chi connectivity index (χ3v) is 5.34. The number of hydrogen-bond donors (Lipinski definition) is 4. The molecule has 2 aromatic rings. The zero-order valence-electron chi connectivity index (χ0n) is 29.0. The maximum atomic E-state index is 11.2. The van der Waals surface area contributed by atoms with E-state index in [4.69, 9.17) is 42.7 Å². The van der Waals surface area contributed by atoms with Crippen LogP contribution in [-0.2, 0) is 19.9 Å². The van der Waals surface area contributed by atoms with E-state index in [2.05, 4.69) is 11.7 Å². The van der Waals surface area contributed by atoms with Gasteiger partial charge in [-0.1, -0.05) is 71.6 Å². The Morgan fingerprint density at radius 3 is 1.26 bits per heavy atom. The number of hydrogen-bond acceptors (Lipinski definition) is 12. The molecule has 260 valence electrons. The van der Waals surface area contributed by atoms with Gasteiger partial charge in [-0.15, -0.1) is 0 Å². The molecule has 47 heavy (non-hydrogen) atoms. The number of ether oxygens (including phenoxy) is 2. The van der Waals surface area contributed by atoms with Crippen LogP contribution in [0.1, 0.15) is 112 Å². The van der Waals surface area contributed by atoms with Crippen molar-refractivity contribution in [2.24, 2.45) is 0 Å². The van der Waals surface area contributed by atoms with E-state index in [-0.39, 0.29) is 83.2 Å². The number of phenols is 2. The Morgan fingerprint density at radius 1 is 0.638 bits per heavy atom. The first kappa shape index (κ1) is 55.2. The van der Waals surface area contributed by atoms with Gasteiger partial charge in [-0.05, 0) is 68.3 Å². The molecular weight excluding hydrogens is 654 g/mol. The molecule has 0 aliphatic carbocycles. The SMILES string of the molecule is CCCCCCCCCCCCO.CCCOC(=O)c1ccc(O)cc1.CCO.COC(=O)c1ccc(O)cc1.O=S(=O)([O-])[O-].[Na+].[Na+]. The molecule has 0 aliphatic rings. The monoisotopic (exact) mass is 706 g/mol. The number of esters is 2. The molecule has 0 aromatic heterocycles. The molecule has 4 N–H and O–H groups in total. The summed E-state index contributed by atoms with van der Waals surface area (Å²) in [5, 5.41) is 34.0. The largest absolute Gasteiger partial charge is 1.00 e. The van der Waals surface area contributed by atoms with Crippen molar-refractivity contribution < 1.29 is 116 Å². The maximum absolute atomic E-state index is 11.2. The van der Waals surface area contributed by atoms with Crippen LogP contribution in [0.3, 0.4) is 0 Å². The first-order valence-corrected chi connectivity index (χ1v) is 16.4. The third kappa shape index (κ3) is 44.8. The Kier molecular flexibility index (Phi) is 46.0. The van der Waals surface area contributed by atoms with Crippen LogP contribution < -0.4 is 59.1 Å². The van der Waals surface area contributed by atoms with E-state index in [0.29, 0.717) is 24.3 Å². The summed E-state index contributed by atoms with van der Waals surface area (Å²) in [6.45, 7) is 6.93. The van der Waals surface area contributed by atoms with Gasteiger partial charge in [0.15, 0.2) is 0 Å². The molecule has 2 aromatic carbocycles. The Morgan fingerprint density at radius 2 is 0.957 bits per heavy atom. The van der Waals surface area contributed by atoms with E-state index in [1.165, 1.54) is 113 Å². The molecule has 0 spiro atoms. The van der Waals surface area contributed by atoms with Gasteiger partial charge in [-0.2, -0.15) is 0 Å². The van der Waals surface area contributed by atoms with E-state index in [9.17, 15) is 9.59 Å². The summed E-state index contributed by atoms with van der Waals surface area (Å²) in [7, 11) is -3.85. The number of carbonyl (C=O) groups excluding carboxylic acids is 2. The first-order chi connectivity index (χ1) is 21.3. The minimum Gasteiger partial charge on any atom is -0.759 e. The molecule has 0 amide bonds. The summed E-state index contributed by atoms with van der Waals surface area (Å²) in [4.78, 5) is 22.0. The van der Waals surface area contributed by atoms with Crippen molar-refractivity contribution >= 4 is 22.3 Å². The molecule has 0 unspecified atom stereocenters. The van der Waals surface area contributed by atoms with Crippen molar-refractivity contribution in [1.82, 2.24) is 0 Å². The zero-order chi connectivity index (χ0) is 34.9. The number of aliphatic hydroxyl groups excluding tert-OH is 2. The van der Waals surface area contributed by atoms with Crippen molar-refractivity contribution in [2.45, 2.75) is 91.4 Å². The van der Waals surface area contributed by atoms with Crippen molar-refractivity contribution in [2.75, 3.05) is 26.9 Å². The number of aromatic hydroxyl groups is 2. The Labute approximate surface area is 325 Å². The fourth-order valence-electron chi connectivity index (χ4n) is 3.19. The second kappa shape index (κ2) is 39.2. The maximum Gasteiger partial charge on any atom is 1.00 e. The Balaban J connectivity index is -0.000000165. The van der Waals surface area contributed by atoms with Crippen LogP contribution in [0.25, 0.3) is 0 Å². The molecule has 0 fully saturated rings. The molecule has 15 heteroatoms. The molecule has 0 saturated carbocycles. The van der Waals surface area contributed by atoms with E-state index >= 15 is 0 Å². The standard InChI is InChI=1S/C12H26O.C10H12O3.C8H8O3.C2H6O.2Na.H2O4S/c1-2-3-4-5-6-7-8-9-10-11-12-13;1-2-7-13-10(12)8-3-5-9(11)6-4-8;1-11-8(10)6-2-4-7(9)5-3-6;1-2-3;;;1-5(2,3)4/h13H,2-12H2,1H3;3-6,11H,2,7H2,1H3;2-5,9H,1H3;3H,2H2,1H3;;;(H2,1,2,3,4)/q;;;;2*+1;/p-2. The van der Waals surface area contributed by atoms with Crippen LogP contribution in [0, 0.1) is 0 Å². The molecule has 12 nitrogen and oxygen atoms in total. The van der Waals surface area contributed by atoms with Crippen LogP contribution in [0.15, 0.2) is 48.5 Å². The second-order valence-corrected chi connectivity index (χ2v) is 10.2. The molecule has 0 heterocycles. The predicted molar refractivity (Wildman–Crippen MR) is 170 cm³/mol. The summed E-state index contributed by atoms with van der Waals surface area (Å²) in [5.74, 6) is -0.462. The van der Waals surface area contributed by atoms with Crippen molar-refractivity contribution in [3.63, 3.8) is 0 Å². The van der Waals surface area contributed by atoms with Crippen LogP contribution in [0.5, 0.6) is 11.5 Å². The topological polar surface area (TPSA) is 214 Å². The Hall–Kier alpha value is -1.23. The molecular formula is C32H52Na2O12S. The molecule has 0 radical (unpaired) electrons. The number of phenolic OH excluding ortho intramolecular Hbond substituents is 2. The summed E-state index contributed by atoms with van der Waals surface area (Å²) in [6, 6.07) is 11.9. The summed E-state index contributed by atoms with van der Waals surface area (Å²) < 4.78 is 43.4. The van der Waals surface area contributed by atoms with Gasteiger partial charge >= 0.3 is 71.1 Å². The van der Waals surface area contributed by atoms with Gasteiger partial charge in [0, 0.05) is 23.6 Å². The van der Waals surface area contributed by atoms with Crippen molar-refractivity contribution in [3.05, 3.63) is 59.7 Å². The smallest absolute Gasteiger partial charge is 0.759 e. The average molecular weight is 707 g/mol. The fourth-order valence-corrected chi connectivity index (χ4v) is 3.19. The van der Waals surface area contributed by atoms with E-state index in [0.717, 1.165) is 12.8 Å². The van der Waals surface area contributed by atoms with Crippen molar-refractivity contribution in [3.8, 4) is 11.5 Å². The summed E-state index contributed by atoms with van der Waals surface area (Å²) >= 11 is 0. The van der Waals surface area contributed by atoms with Crippen LogP contribution >= 0.6 is 0 Å². The normalized spacial score (nSPS) is 9.36. The molecule has 0 saturated heterocycles. The van der Waals surface area contributed by atoms with Gasteiger partial charge < -0.3 is 39.0 Å². The number of methoxy groups -OCH3 is 1. The fraction of sp³-hybridized carbons (Fsp3) is 0.562. The minimum atomic E-state index is -5.17. The summed E-state index contributed by atoms with van der Waals surface area (Å²) in [5.41, 5.74) is 0.900. The number of benzene rings is 2. The van der Waals surface area contributed by atoms with Gasteiger partial charge in [-0.25, -0.2) is 9.59 Å². The zero-order valence-corrected chi connectivity index (χ0v) is 33.8. The first-order valence-electron chi connectivity index (χ1n) is 15.0. The average Bonchev–Trinajstić information content (AvgIpc) is 2.99. The van der Waals surface area contributed by atoms with Gasteiger partial charge in [0.25, 0.3) is 0 Å². The number of unbranched alkanes of at least 4 members (excludes halogenated alkanes) is 9. The molecule has 2 rings (SSSR count).